The molecule has 1 heterocycles. The first-order valence-electron chi connectivity index (χ1n) is 8.90. The molecule has 1 N–H and O–H groups in total. The Hall–Kier alpha value is -0.890. The van der Waals surface area contributed by atoms with E-state index in [0.717, 1.165) is 24.3 Å². The molecule has 4 aliphatic carbocycles. The summed E-state index contributed by atoms with van der Waals surface area (Å²) in [7, 11) is 0. The van der Waals surface area contributed by atoms with Crippen molar-refractivity contribution in [2.45, 2.75) is 57.9 Å². The zero-order valence-electron chi connectivity index (χ0n) is 13.2. The van der Waals surface area contributed by atoms with Crippen molar-refractivity contribution in [1.29, 1.82) is 0 Å². The van der Waals surface area contributed by atoms with Gasteiger partial charge in [-0.25, -0.2) is 0 Å². The van der Waals surface area contributed by atoms with E-state index in [1.165, 1.54) is 50.5 Å². The summed E-state index contributed by atoms with van der Waals surface area (Å²) in [5, 5.41) is 3.87. The van der Waals surface area contributed by atoms with Gasteiger partial charge in [0.05, 0.1) is 0 Å². The highest BCUT2D eigenvalue weighted by atomic mass is 14.9. The summed E-state index contributed by atoms with van der Waals surface area (Å²) >= 11 is 0. The standard InChI is InChI=1S/C19H28N2/c1-2-21-18(10-14-3-5-20-6-4-14)19-11-15-7-16(12-19)9-17(8-15)13-19/h3-6,15-18,21H,2,7-13H2,1H3. The van der Waals surface area contributed by atoms with Crippen LogP contribution in [0.1, 0.15) is 51.0 Å². The van der Waals surface area contributed by atoms with Crippen molar-refractivity contribution in [1.82, 2.24) is 10.3 Å². The van der Waals surface area contributed by atoms with Gasteiger partial charge in [0, 0.05) is 18.4 Å². The van der Waals surface area contributed by atoms with Gasteiger partial charge in [0.1, 0.15) is 0 Å². The highest BCUT2D eigenvalue weighted by Gasteiger charge is 2.53. The van der Waals surface area contributed by atoms with Crippen molar-refractivity contribution in [2.75, 3.05) is 6.54 Å². The highest BCUT2D eigenvalue weighted by molar-refractivity contribution is 5.15. The summed E-state index contributed by atoms with van der Waals surface area (Å²) in [6.45, 7) is 3.36. The summed E-state index contributed by atoms with van der Waals surface area (Å²) in [5.41, 5.74) is 2.04. The molecule has 0 aliphatic heterocycles. The number of nitrogens with zero attached hydrogens (tertiary/aromatic N) is 1. The van der Waals surface area contributed by atoms with Gasteiger partial charge >= 0.3 is 0 Å². The third kappa shape index (κ3) is 2.52. The maximum absolute atomic E-state index is 4.17. The summed E-state index contributed by atoms with van der Waals surface area (Å²) in [6.07, 6.45) is 14.1. The molecule has 1 aromatic rings. The molecule has 1 aromatic heterocycles. The molecule has 4 aliphatic rings. The van der Waals surface area contributed by atoms with Crippen LogP contribution in [0.5, 0.6) is 0 Å². The number of rotatable bonds is 5. The molecule has 0 radical (unpaired) electrons. The quantitative estimate of drug-likeness (QED) is 0.889. The zero-order chi connectivity index (χ0) is 14.3. The normalized spacial score (nSPS) is 38.6. The van der Waals surface area contributed by atoms with Crippen LogP contribution in [0.15, 0.2) is 24.5 Å². The average molecular weight is 284 g/mol. The molecule has 1 atom stereocenters. The Balaban J connectivity index is 1.58. The van der Waals surface area contributed by atoms with Crippen LogP contribution in [-0.2, 0) is 6.42 Å². The van der Waals surface area contributed by atoms with Crippen molar-refractivity contribution in [3.8, 4) is 0 Å². The molecule has 4 bridgehead atoms. The molecular formula is C19H28N2. The van der Waals surface area contributed by atoms with E-state index in [4.69, 9.17) is 0 Å². The number of hydrogen-bond acceptors (Lipinski definition) is 2. The molecule has 1 unspecified atom stereocenters. The van der Waals surface area contributed by atoms with Gasteiger partial charge in [-0.15, -0.1) is 0 Å². The summed E-state index contributed by atoms with van der Waals surface area (Å²) in [5.74, 6) is 3.11. The molecule has 0 spiro atoms. The predicted molar refractivity (Wildman–Crippen MR) is 86.0 cm³/mol. The van der Waals surface area contributed by atoms with Gasteiger partial charge in [0.15, 0.2) is 0 Å². The molecule has 5 rings (SSSR count). The maximum Gasteiger partial charge on any atom is 0.0270 e. The van der Waals surface area contributed by atoms with E-state index in [1.807, 2.05) is 12.4 Å². The fourth-order valence-electron chi connectivity index (χ4n) is 6.11. The van der Waals surface area contributed by atoms with Crippen LogP contribution in [0.2, 0.25) is 0 Å². The Bertz CT molecular complexity index is 446. The minimum absolute atomic E-state index is 0.591. The summed E-state index contributed by atoms with van der Waals surface area (Å²) in [4.78, 5) is 4.17. The number of hydrogen-bond donors (Lipinski definition) is 1. The first kappa shape index (κ1) is 13.8. The average Bonchev–Trinajstić information content (AvgIpc) is 2.46. The van der Waals surface area contributed by atoms with Crippen LogP contribution in [-0.4, -0.2) is 17.6 Å². The third-order valence-corrected chi connectivity index (χ3v) is 6.46. The van der Waals surface area contributed by atoms with Gasteiger partial charge in [-0.1, -0.05) is 6.92 Å². The van der Waals surface area contributed by atoms with Gasteiger partial charge in [0.25, 0.3) is 0 Å². The molecule has 114 valence electrons. The molecular weight excluding hydrogens is 256 g/mol. The van der Waals surface area contributed by atoms with Crippen LogP contribution < -0.4 is 5.32 Å². The second-order valence-electron chi connectivity index (χ2n) is 7.95. The molecule has 21 heavy (non-hydrogen) atoms. The Kier molecular flexibility index (Phi) is 3.53. The molecule has 4 fully saturated rings. The van der Waals surface area contributed by atoms with Gasteiger partial charge in [-0.05, 0) is 92.4 Å². The minimum atomic E-state index is 0.591. The number of likely N-dealkylation sites (N-methyl/N-ethyl adjacent to an activating group) is 1. The summed E-state index contributed by atoms with van der Waals surface area (Å²) < 4.78 is 0. The zero-order valence-corrected chi connectivity index (χ0v) is 13.2. The lowest BCUT2D eigenvalue weighted by Gasteiger charge is -2.59. The third-order valence-electron chi connectivity index (χ3n) is 6.46. The van der Waals surface area contributed by atoms with E-state index in [9.17, 15) is 0 Å². The van der Waals surface area contributed by atoms with E-state index in [0.29, 0.717) is 11.5 Å². The van der Waals surface area contributed by atoms with Crippen molar-refractivity contribution < 1.29 is 0 Å². The van der Waals surface area contributed by atoms with Crippen LogP contribution in [0.25, 0.3) is 0 Å². The van der Waals surface area contributed by atoms with Gasteiger partial charge in [-0.2, -0.15) is 0 Å². The molecule has 0 aromatic carbocycles. The van der Waals surface area contributed by atoms with E-state index in [1.54, 1.807) is 0 Å². The summed E-state index contributed by atoms with van der Waals surface area (Å²) in [6, 6.07) is 5.06. The second kappa shape index (κ2) is 5.39. The van der Waals surface area contributed by atoms with Gasteiger partial charge < -0.3 is 5.32 Å². The molecule has 2 nitrogen and oxygen atoms in total. The maximum atomic E-state index is 4.17. The van der Waals surface area contributed by atoms with Crippen molar-refractivity contribution in [3.63, 3.8) is 0 Å². The Morgan fingerprint density at radius 2 is 1.67 bits per heavy atom. The molecule has 0 saturated heterocycles. The first-order chi connectivity index (χ1) is 10.3. The van der Waals surface area contributed by atoms with Crippen molar-refractivity contribution in [2.24, 2.45) is 23.2 Å². The highest BCUT2D eigenvalue weighted by Crippen LogP contribution is 2.61. The van der Waals surface area contributed by atoms with E-state index < -0.39 is 0 Å². The predicted octanol–water partition coefficient (Wildman–Crippen LogP) is 3.82. The topological polar surface area (TPSA) is 24.9 Å². The number of aromatic nitrogens is 1. The van der Waals surface area contributed by atoms with Crippen LogP contribution in [0.4, 0.5) is 0 Å². The van der Waals surface area contributed by atoms with Gasteiger partial charge in [0.2, 0.25) is 0 Å². The van der Waals surface area contributed by atoms with Crippen molar-refractivity contribution >= 4 is 0 Å². The fourth-order valence-corrected chi connectivity index (χ4v) is 6.11. The van der Waals surface area contributed by atoms with Crippen LogP contribution >= 0.6 is 0 Å². The van der Waals surface area contributed by atoms with Crippen LogP contribution in [0, 0.1) is 23.2 Å². The van der Waals surface area contributed by atoms with E-state index >= 15 is 0 Å². The lowest BCUT2D eigenvalue weighted by atomic mass is 9.47. The van der Waals surface area contributed by atoms with E-state index in [2.05, 4.69) is 29.4 Å². The monoisotopic (exact) mass is 284 g/mol. The Labute approximate surface area is 128 Å². The number of pyridine rings is 1. The number of nitrogens with one attached hydrogen (secondary N) is 1. The minimum Gasteiger partial charge on any atom is -0.313 e. The lowest BCUT2D eigenvalue weighted by Crippen LogP contribution is -2.56. The lowest BCUT2D eigenvalue weighted by molar-refractivity contribution is -0.0734. The largest absolute Gasteiger partial charge is 0.313 e. The van der Waals surface area contributed by atoms with Crippen LogP contribution in [0.3, 0.4) is 0 Å². The van der Waals surface area contributed by atoms with Gasteiger partial charge in [-0.3, -0.25) is 4.98 Å². The molecule has 2 heteroatoms. The molecule has 0 amide bonds. The van der Waals surface area contributed by atoms with E-state index in [-0.39, 0.29) is 0 Å². The fraction of sp³-hybridized carbons (Fsp3) is 0.737. The molecule has 4 saturated carbocycles. The van der Waals surface area contributed by atoms with Crippen molar-refractivity contribution in [3.05, 3.63) is 30.1 Å². The Morgan fingerprint density at radius 3 is 2.19 bits per heavy atom. The Morgan fingerprint density at radius 1 is 1.10 bits per heavy atom. The first-order valence-corrected chi connectivity index (χ1v) is 8.90. The second-order valence-corrected chi connectivity index (χ2v) is 7.95. The smallest absolute Gasteiger partial charge is 0.0270 e. The SMILES string of the molecule is CCNC(Cc1ccncc1)C12CC3CC(CC(C3)C1)C2.